The van der Waals surface area contributed by atoms with Gasteiger partial charge in [0.1, 0.15) is 18.6 Å². The molecule has 4 rings (SSSR count). The monoisotopic (exact) mass is 436 g/mol. The van der Waals surface area contributed by atoms with Crippen LogP contribution in [-0.4, -0.2) is 35.1 Å². The van der Waals surface area contributed by atoms with Gasteiger partial charge in [-0.2, -0.15) is 0 Å². The molecule has 166 valence electrons. The molecule has 0 N–H and O–H groups in total. The predicted octanol–water partition coefficient (Wildman–Crippen LogP) is 4.75. The fourth-order valence-electron chi connectivity index (χ4n) is 3.53. The second-order valence-electron chi connectivity index (χ2n) is 7.22. The van der Waals surface area contributed by atoms with Crippen molar-refractivity contribution in [3.05, 3.63) is 66.1 Å². The van der Waals surface area contributed by atoms with Gasteiger partial charge in [-0.15, -0.1) is 0 Å². The largest absolute Gasteiger partial charge is 0.490 e. The molecular weight excluding hydrogens is 412 g/mol. The van der Waals surface area contributed by atoms with E-state index in [2.05, 4.69) is 4.98 Å². The molecule has 8 heteroatoms. The Morgan fingerprint density at radius 1 is 1.03 bits per heavy atom. The van der Waals surface area contributed by atoms with E-state index in [1.54, 1.807) is 24.5 Å². The Bertz CT molecular complexity index is 1090. The maximum absolute atomic E-state index is 12.3. The Kier molecular flexibility index (Phi) is 6.39. The molecule has 0 spiro atoms. The summed E-state index contributed by atoms with van der Waals surface area (Å²) in [5.41, 5.74) is 2.13. The molecule has 1 aliphatic heterocycles. The van der Waals surface area contributed by atoms with E-state index in [9.17, 15) is 9.59 Å². The van der Waals surface area contributed by atoms with E-state index >= 15 is 0 Å². The fourth-order valence-corrected chi connectivity index (χ4v) is 3.53. The average molecular weight is 436 g/mol. The van der Waals surface area contributed by atoms with Gasteiger partial charge in [-0.05, 0) is 43.2 Å². The summed E-state index contributed by atoms with van der Waals surface area (Å²) in [4.78, 5) is 30.2. The fraction of sp³-hybridized carbons (Fsp3) is 0.292. The molecule has 1 unspecified atom stereocenters. The predicted molar refractivity (Wildman–Crippen MR) is 115 cm³/mol. The Hall–Kier alpha value is -3.81. The molecule has 1 aliphatic rings. The van der Waals surface area contributed by atoms with E-state index in [-0.39, 0.29) is 6.61 Å². The number of esters is 1. The molecule has 1 saturated heterocycles. The van der Waals surface area contributed by atoms with Crippen LogP contribution in [0.2, 0.25) is 0 Å². The highest BCUT2D eigenvalue weighted by Gasteiger charge is 2.41. The molecule has 0 saturated carbocycles. The van der Waals surface area contributed by atoms with Crippen LogP contribution in [0.3, 0.4) is 0 Å². The van der Waals surface area contributed by atoms with E-state index in [1.807, 2.05) is 44.2 Å². The number of carbonyl (C=O) groups is 2. The van der Waals surface area contributed by atoms with Gasteiger partial charge in [0, 0.05) is 12.1 Å². The van der Waals surface area contributed by atoms with E-state index < -0.39 is 18.1 Å². The molecule has 1 amide bonds. The van der Waals surface area contributed by atoms with Crippen LogP contribution in [0.4, 0.5) is 4.79 Å². The highest BCUT2D eigenvalue weighted by molar-refractivity contribution is 5.96. The van der Waals surface area contributed by atoms with Crippen molar-refractivity contribution in [2.24, 2.45) is 0 Å². The van der Waals surface area contributed by atoms with E-state index in [1.165, 1.54) is 4.90 Å². The summed E-state index contributed by atoms with van der Waals surface area (Å²) in [6.07, 6.45) is 1.64. The van der Waals surface area contributed by atoms with Crippen molar-refractivity contribution >= 4 is 12.1 Å². The minimum Gasteiger partial charge on any atom is -0.490 e. The third-order valence-corrected chi connectivity index (χ3v) is 4.95. The number of hydrogen-bond donors (Lipinski definition) is 0. The van der Waals surface area contributed by atoms with Gasteiger partial charge in [0.15, 0.2) is 17.5 Å². The van der Waals surface area contributed by atoms with Gasteiger partial charge in [0.2, 0.25) is 5.89 Å². The molecule has 3 aromatic rings. The van der Waals surface area contributed by atoms with Crippen LogP contribution in [0.1, 0.15) is 37.6 Å². The highest BCUT2D eigenvalue weighted by Crippen LogP contribution is 2.36. The number of nitrogens with zero attached hydrogens (tertiary/aromatic N) is 2. The second-order valence-corrected chi connectivity index (χ2v) is 7.22. The number of rotatable bonds is 9. The van der Waals surface area contributed by atoms with E-state index in [0.717, 1.165) is 5.56 Å². The van der Waals surface area contributed by atoms with Crippen molar-refractivity contribution in [1.29, 1.82) is 0 Å². The van der Waals surface area contributed by atoms with Gasteiger partial charge in [-0.1, -0.05) is 31.2 Å². The first-order valence-corrected chi connectivity index (χ1v) is 10.5. The SMILES string of the molecule is CCCN1C(=O)OC(=O)C1c1ccc(OCc2coc(-c3ccccc3)n2)c(OCC)c1. The average Bonchev–Trinajstić information content (AvgIpc) is 3.38. The van der Waals surface area contributed by atoms with Crippen LogP contribution in [0.25, 0.3) is 11.5 Å². The van der Waals surface area contributed by atoms with Crippen LogP contribution < -0.4 is 9.47 Å². The summed E-state index contributed by atoms with van der Waals surface area (Å²) in [5, 5.41) is 0. The van der Waals surface area contributed by atoms with Crippen LogP contribution in [0.15, 0.2) is 59.2 Å². The molecule has 32 heavy (non-hydrogen) atoms. The van der Waals surface area contributed by atoms with Gasteiger partial charge in [-0.25, -0.2) is 14.6 Å². The van der Waals surface area contributed by atoms with Crippen molar-refractivity contribution in [1.82, 2.24) is 9.88 Å². The van der Waals surface area contributed by atoms with Crippen molar-refractivity contribution < 1.29 is 28.2 Å². The van der Waals surface area contributed by atoms with Gasteiger partial charge in [-0.3, -0.25) is 4.90 Å². The number of cyclic esters (lactones) is 2. The first kappa shape index (κ1) is 21.4. The standard InChI is InChI=1S/C24H24N2O6/c1-3-12-26-21(23(27)32-24(26)28)17-10-11-19(20(13-17)29-4-2)30-14-18-15-31-22(25-18)16-8-6-5-7-9-16/h5-11,13,15,21H,3-4,12,14H2,1-2H3. The Balaban J connectivity index is 1.52. The normalized spacial score (nSPS) is 15.7. The van der Waals surface area contributed by atoms with Gasteiger partial charge >= 0.3 is 12.1 Å². The molecule has 2 aromatic carbocycles. The highest BCUT2D eigenvalue weighted by atomic mass is 16.6. The first-order chi connectivity index (χ1) is 15.6. The quantitative estimate of drug-likeness (QED) is 0.353. The number of benzene rings is 2. The molecule has 0 aliphatic carbocycles. The minimum absolute atomic E-state index is 0.182. The zero-order chi connectivity index (χ0) is 22.5. The Labute approximate surface area is 185 Å². The number of carbonyl (C=O) groups excluding carboxylic acids is 2. The summed E-state index contributed by atoms with van der Waals surface area (Å²) in [7, 11) is 0. The molecule has 1 fully saturated rings. The molecule has 1 aromatic heterocycles. The number of amides is 1. The first-order valence-electron chi connectivity index (χ1n) is 10.5. The van der Waals surface area contributed by atoms with Gasteiger partial charge in [0.25, 0.3) is 0 Å². The summed E-state index contributed by atoms with van der Waals surface area (Å²) in [6.45, 7) is 4.81. The number of aromatic nitrogens is 1. The van der Waals surface area contributed by atoms with Gasteiger partial charge < -0.3 is 18.6 Å². The lowest BCUT2D eigenvalue weighted by atomic mass is 10.1. The van der Waals surface area contributed by atoms with Crippen molar-refractivity contribution in [3.63, 3.8) is 0 Å². The maximum atomic E-state index is 12.3. The molecule has 2 heterocycles. The zero-order valence-corrected chi connectivity index (χ0v) is 17.9. The molecule has 1 atom stereocenters. The molecule has 0 bridgehead atoms. The summed E-state index contributed by atoms with van der Waals surface area (Å²) < 4.78 is 22.0. The topological polar surface area (TPSA) is 91.1 Å². The van der Waals surface area contributed by atoms with Crippen LogP contribution in [0.5, 0.6) is 11.5 Å². The Morgan fingerprint density at radius 3 is 2.59 bits per heavy atom. The van der Waals surface area contributed by atoms with Crippen molar-refractivity contribution in [2.75, 3.05) is 13.2 Å². The lowest BCUT2D eigenvalue weighted by Crippen LogP contribution is -2.29. The second kappa shape index (κ2) is 9.55. The number of hydrogen-bond acceptors (Lipinski definition) is 7. The summed E-state index contributed by atoms with van der Waals surface area (Å²) >= 11 is 0. The third kappa shape index (κ3) is 4.44. The smallest absolute Gasteiger partial charge is 0.418 e. The van der Waals surface area contributed by atoms with Gasteiger partial charge in [0.05, 0.1) is 6.61 Å². The molecule has 8 nitrogen and oxygen atoms in total. The molecular formula is C24H24N2O6. The van der Waals surface area contributed by atoms with E-state index in [0.29, 0.717) is 48.2 Å². The van der Waals surface area contributed by atoms with Crippen LogP contribution in [-0.2, 0) is 16.1 Å². The lowest BCUT2D eigenvalue weighted by Gasteiger charge is -2.20. The Morgan fingerprint density at radius 2 is 1.84 bits per heavy atom. The van der Waals surface area contributed by atoms with Crippen LogP contribution in [0, 0.1) is 0 Å². The zero-order valence-electron chi connectivity index (χ0n) is 17.9. The lowest BCUT2D eigenvalue weighted by molar-refractivity contribution is -0.136. The molecule has 0 radical (unpaired) electrons. The van der Waals surface area contributed by atoms with Crippen molar-refractivity contribution in [2.45, 2.75) is 32.9 Å². The van der Waals surface area contributed by atoms with Crippen LogP contribution >= 0.6 is 0 Å². The minimum atomic E-state index is -0.792. The summed E-state index contributed by atoms with van der Waals surface area (Å²) in [6, 6.07) is 14.0. The third-order valence-electron chi connectivity index (χ3n) is 4.95. The number of oxazole rings is 1. The van der Waals surface area contributed by atoms with E-state index in [4.69, 9.17) is 18.6 Å². The van der Waals surface area contributed by atoms with Crippen molar-refractivity contribution in [3.8, 4) is 23.0 Å². The summed E-state index contributed by atoms with van der Waals surface area (Å²) in [5.74, 6) is 0.903. The maximum Gasteiger partial charge on any atom is 0.418 e. The number of ether oxygens (including phenoxy) is 3.